The molecule has 1 aromatic rings. The van der Waals surface area contributed by atoms with E-state index < -0.39 is 16.8 Å². The summed E-state index contributed by atoms with van der Waals surface area (Å²) in [5.41, 5.74) is -0.702. The number of aliphatic hydroxyl groups is 1. The van der Waals surface area contributed by atoms with Crippen LogP contribution >= 0.6 is 11.3 Å². The molecule has 126 valence electrons. The maximum atomic E-state index is 12.6. The van der Waals surface area contributed by atoms with Gasteiger partial charge in [-0.25, -0.2) is 0 Å². The molecule has 9 heteroatoms. The first-order valence-corrected chi connectivity index (χ1v) is 8.07. The number of rotatable bonds is 4. The van der Waals surface area contributed by atoms with Crippen LogP contribution in [0, 0.1) is 0 Å². The van der Waals surface area contributed by atoms with E-state index in [0.29, 0.717) is 36.0 Å². The Morgan fingerprint density at radius 3 is 2.45 bits per heavy atom. The van der Waals surface area contributed by atoms with E-state index in [4.69, 9.17) is 0 Å². The molecule has 0 aliphatic carbocycles. The lowest BCUT2D eigenvalue weighted by molar-refractivity contribution is -0.138. The van der Waals surface area contributed by atoms with E-state index in [9.17, 15) is 18.3 Å². The molecule has 0 bridgehead atoms. The summed E-state index contributed by atoms with van der Waals surface area (Å²) in [5.74, 6) is 0. The second-order valence-electron chi connectivity index (χ2n) is 6.13. The molecule has 0 radical (unpaired) electrons. The predicted molar refractivity (Wildman–Crippen MR) is 79.1 cm³/mol. The molecule has 1 N–H and O–H groups in total. The van der Waals surface area contributed by atoms with Crippen molar-refractivity contribution in [2.24, 2.45) is 0 Å². The fourth-order valence-electron chi connectivity index (χ4n) is 2.28. The molecule has 0 aromatic carbocycles. The Bertz CT molecular complexity index is 486. The molecule has 2 heterocycles. The Kier molecular flexibility index (Phi) is 5.29. The molecule has 0 atom stereocenters. The molecular weight excluding hydrogens is 317 g/mol. The molecule has 1 aliphatic rings. The summed E-state index contributed by atoms with van der Waals surface area (Å²) in [7, 11) is 0. The first kappa shape index (κ1) is 17.4. The van der Waals surface area contributed by atoms with E-state index in [1.54, 1.807) is 13.8 Å². The number of nitrogens with zero attached hydrogens (tertiary/aromatic N) is 4. The smallest absolute Gasteiger partial charge is 0.390 e. The van der Waals surface area contributed by atoms with Crippen molar-refractivity contribution < 1.29 is 18.3 Å². The molecule has 1 fully saturated rings. The molecule has 1 saturated heterocycles. The highest BCUT2D eigenvalue weighted by atomic mass is 32.1. The Labute approximate surface area is 131 Å². The zero-order valence-electron chi connectivity index (χ0n) is 12.7. The normalized spacial score (nSPS) is 18.5. The van der Waals surface area contributed by atoms with Crippen LogP contribution in [0.3, 0.4) is 0 Å². The molecule has 22 heavy (non-hydrogen) atoms. The SMILES string of the molecule is CC(C)(O)CCN1CCCN(c2nnc(C(F)(F)F)s2)CC1. The molecule has 5 nitrogen and oxygen atoms in total. The lowest BCUT2D eigenvalue weighted by atomic mass is 10.1. The highest BCUT2D eigenvalue weighted by Gasteiger charge is 2.36. The lowest BCUT2D eigenvalue weighted by Crippen LogP contribution is -2.34. The standard InChI is InChI=1S/C13H21F3N4OS/c1-12(2,21)4-7-19-5-3-6-20(9-8-19)11-18-17-10(22-11)13(14,15)16/h21H,3-9H2,1-2H3. The van der Waals surface area contributed by atoms with Crippen LogP contribution in [-0.4, -0.2) is 58.5 Å². The molecule has 0 amide bonds. The van der Waals surface area contributed by atoms with Crippen molar-refractivity contribution in [2.75, 3.05) is 37.6 Å². The Morgan fingerprint density at radius 1 is 1.14 bits per heavy atom. The van der Waals surface area contributed by atoms with Gasteiger partial charge in [0.1, 0.15) is 0 Å². The highest BCUT2D eigenvalue weighted by Crippen LogP contribution is 2.34. The monoisotopic (exact) mass is 338 g/mol. The highest BCUT2D eigenvalue weighted by molar-refractivity contribution is 7.15. The van der Waals surface area contributed by atoms with E-state index in [1.165, 1.54) is 0 Å². The van der Waals surface area contributed by atoms with Gasteiger partial charge >= 0.3 is 6.18 Å². The molecule has 2 rings (SSSR count). The second kappa shape index (κ2) is 6.67. The van der Waals surface area contributed by atoms with Gasteiger partial charge in [-0.1, -0.05) is 11.3 Å². The Balaban J connectivity index is 1.91. The van der Waals surface area contributed by atoms with Crippen molar-refractivity contribution >= 4 is 16.5 Å². The number of halogens is 3. The number of hydrogen-bond donors (Lipinski definition) is 1. The van der Waals surface area contributed by atoms with Gasteiger partial charge in [0.05, 0.1) is 5.60 Å². The van der Waals surface area contributed by atoms with E-state index >= 15 is 0 Å². The third-order valence-electron chi connectivity index (χ3n) is 3.56. The molecule has 1 aromatic heterocycles. The van der Waals surface area contributed by atoms with Gasteiger partial charge in [-0.3, -0.25) is 0 Å². The quantitative estimate of drug-likeness (QED) is 0.912. The van der Waals surface area contributed by atoms with Crippen LogP contribution in [0.5, 0.6) is 0 Å². The van der Waals surface area contributed by atoms with E-state index in [2.05, 4.69) is 15.1 Å². The van der Waals surface area contributed by atoms with Gasteiger partial charge in [0, 0.05) is 26.2 Å². The largest absolute Gasteiger partial charge is 0.445 e. The van der Waals surface area contributed by atoms with Crippen molar-refractivity contribution in [3.63, 3.8) is 0 Å². The number of hydrogen-bond acceptors (Lipinski definition) is 6. The average molecular weight is 338 g/mol. The molecular formula is C13H21F3N4OS. The molecule has 1 aliphatic heterocycles. The predicted octanol–water partition coefficient (Wildman–Crippen LogP) is 2.23. The average Bonchev–Trinajstić information content (AvgIpc) is 2.76. The molecule has 0 saturated carbocycles. The van der Waals surface area contributed by atoms with Crippen LogP contribution in [0.2, 0.25) is 0 Å². The summed E-state index contributed by atoms with van der Waals surface area (Å²) in [6, 6.07) is 0. The van der Waals surface area contributed by atoms with Crippen LogP contribution in [0.15, 0.2) is 0 Å². The first-order chi connectivity index (χ1) is 10.1. The number of aromatic nitrogens is 2. The van der Waals surface area contributed by atoms with Crippen LogP contribution in [-0.2, 0) is 6.18 Å². The zero-order chi connectivity index (χ0) is 16.4. The van der Waals surface area contributed by atoms with Gasteiger partial charge in [0.25, 0.3) is 0 Å². The lowest BCUT2D eigenvalue weighted by Gasteiger charge is -2.25. The summed E-state index contributed by atoms with van der Waals surface area (Å²) in [6.07, 6.45) is -2.91. The van der Waals surface area contributed by atoms with Crippen LogP contribution in [0.25, 0.3) is 0 Å². The first-order valence-electron chi connectivity index (χ1n) is 7.25. The number of alkyl halides is 3. The third kappa shape index (κ3) is 5.06. The summed E-state index contributed by atoms with van der Waals surface area (Å²) in [5, 5.41) is 16.1. The fourth-order valence-corrected chi connectivity index (χ4v) is 3.04. The van der Waals surface area contributed by atoms with Crippen molar-refractivity contribution in [3.05, 3.63) is 5.01 Å². The molecule has 0 unspecified atom stereocenters. The summed E-state index contributed by atoms with van der Waals surface area (Å²) in [6.45, 7) is 7.24. The van der Waals surface area contributed by atoms with Gasteiger partial charge in [-0.2, -0.15) is 13.2 Å². The van der Waals surface area contributed by atoms with Crippen molar-refractivity contribution in [1.29, 1.82) is 0 Å². The van der Waals surface area contributed by atoms with Crippen LogP contribution < -0.4 is 4.90 Å². The van der Waals surface area contributed by atoms with Crippen LogP contribution in [0.1, 0.15) is 31.7 Å². The van der Waals surface area contributed by atoms with Gasteiger partial charge in [-0.15, -0.1) is 10.2 Å². The van der Waals surface area contributed by atoms with Crippen LogP contribution in [0.4, 0.5) is 18.3 Å². The Hall–Kier alpha value is -0.930. The van der Waals surface area contributed by atoms with Gasteiger partial charge in [0.15, 0.2) is 0 Å². The van der Waals surface area contributed by atoms with Crippen molar-refractivity contribution in [2.45, 2.75) is 38.5 Å². The zero-order valence-corrected chi connectivity index (χ0v) is 13.5. The summed E-state index contributed by atoms with van der Waals surface area (Å²) < 4.78 is 37.7. The molecule has 0 spiro atoms. The van der Waals surface area contributed by atoms with Gasteiger partial charge < -0.3 is 14.9 Å². The van der Waals surface area contributed by atoms with Crippen molar-refractivity contribution in [1.82, 2.24) is 15.1 Å². The second-order valence-corrected chi connectivity index (χ2v) is 7.09. The minimum absolute atomic E-state index is 0.330. The maximum absolute atomic E-state index is 12.6. The minimum Gasteiger partial charge on any atom is -0.390 e. The topological polar surface area (TPSA) is 52.5 Å². The van der Waals surface area contributed by atoms with Crippen molar-refractivity contribution in [3.8, 4) is 0 Å². The summed E-state index contributed by atoms with van der Waals surface area (Å²) >= 11 is 0.595. The third-order valence-corrected chi connectivity index (χ3v) is 4.58. The van der Waals surface area contributed by atoms with E-state index in [-0.39, 0.29) is 0 Å². The number of anilines is 1. The maximum Gasteiger partial charge on any atom is 0.445 e. The summed E-state index contributed by atoms with van der Waals surface area (Å²) in [4.78, 5) is 4.08. The van der Waals surface area contributed by atoms with E-state index in [1.807, 2.05) is 4.90 Å². The van der Waals surface area contributed by atoms with Gasteiger partial charge in [-0.05, 0) is 33.2 Å². The van der Waals surface area contributed by atoms with E-state index in [0.717, 1.165) is 26.1 Å². The minimum atomic E-state index is -4.43. The fraction of sp³-hybridized carbons (Fsp3) is 0.846. The van der Waals surface area contributed by atoms with Gasteiger partial charge in [0.2, 0.25) is 10.1 Å². The Morgan fingerprint density at radius 2 is 1.86 bits per heavy atom.